The van der Waals surface area contributed by atoms with Gasteiger partial charge >= 0.3 is 0 Å². The monoisotopic (exact) mass is 254 g/mol. The lowest BCUT2D eigenvalue weighted by Gasteiger charge is -2.25. The minimum atomic E-state index is 0.518. The van der Waals surface area contributed by atoms with Gasteiger partial charge in [0.05, 0.1) is 12.8 Å². The Balaban J connectivity index is 1.88. The summed E-state index contributed by atoms with van der Waals surface area (Å²) in [5, 5.41) is 3.44. The summed E-state index contributed by atoms with van der Waals surface area (Å²) in [6, 6.07) is 2.60. The summed E-state index contributed by atoms with van der Waals surface area (Å²) < 4.78 is 5.61. The molecule has 17 heavy (non-hydrogen) atoms. The molecule has 2 rings (SSSR count). The number of nitrogens with one attached hydrogen (secondary N) is 1. The molecular weight excluding hydrogens is 232 g/mol. The van der Waals surface area contributed by atoms with Gasteiger partial charge in [0.15, 0.2) is 0 Å². The van der Waals surface area contributed by atoms with E-state index < -0.39 is 0 Å². The molecule has 4 heteroatoms. The summed E-state index contributed by atoms with van der Waals surface area (Å²) in [5.41, 5.74) is 1.30. The fourth-order valence-corrected chi connectivity index (χ4v) is 2.92. The predicted molar refractivity (Wildman–Crippen MR) is 73.3 cm³/mol. The largest absolute Gasteiger partial charge is 0.468 e. The van der Waals surface area contributed by atoms with E-state index in [1.165, 1.54) is 30.2 Å². The smallest absolute Gasteiger partial charge is 0.122 e. The van der Waals surface area contributed by atoms with Crippen molar-refractivity contribution in [3.05, 3.63) is 23.7 Å². The minimum Gasteiger partial charge on any atom is -0.468 e. The third-order valence-electron chi connectivity index (χ3n) is 3.01. The maximum Gasteiger partial charge on any atom is 0.122 e. The summed E-state index contributed by atoms with van der Waals surface area (Å²) in [7, 11) is 0. The normalized spacial score (nSPS) is 17.8. The molecule has 1 aliphatic heterocycles. The quantitative estimate of drug-likeness (QED) is 0.873. The van der Waals surface area contributed by atoms with Gasteiger partial charge in [-0.05, 0) is 6.07 Å². The summed E-state index contributed by atoms with van der Waals surface area (Å²) in [4.78, 5) is 2.48. The molecule has 1 fully saturated rings. The zero-order valence-corrected chi connectivity index (χ0v) is 11.6. The molecule has 2 heterocycles. The molecule has 3 nitrogen and oxygen atoms in total. The summed E-state index contributed by atoms with van der Waals surface area (Å²) >= 11 is 2.05. The summed E-state index contributed by atoms with van der Waals surface area (Å²) in [6.45, 7) is 8.57. The van der Waals surface area contributed by atoms with Gasteiger partial charge in [-0.1, -0.05) is 13.8 Å². The molecule has 0 radical (unpaired) electrons. The average Bonchev–Trinajstić information content (AvgIpc) is 2.75. The highest BCUT2D eigenvalue weighted by molar-refractivity contribution is 7.99. The Labute approximate surface area is 108 Å². The van der Waals surface area contributed by atoms with Gasteiger partial charge in [0, 0.05) is 42.7 Å². The third-order valence-corrected chi connectivity index (χ3v) is 3.95. The minimum absolute atomic E-state index is 0.518. The van der Waals surface area contributed by atoms with E-state index in [2.05, 4.69) is 30.1 Å². The SMILES string of the molecule is CC(C)NCc1ccoc1CN1CCSCC1. The van der Waals surface area contributed by atoms with Crippen LogP contribution in [0.3, 0.4) is 0 Å². The third kappa shape index (κ3) is 4.05. The first kappa shape index (κ1) is 13.0. The van der Waals surface area contributed by atoms with Gasteiger partial charge in [-0.2, -0.15) is 11.8 Å². The van der Waals surface area contributed by atoms with Crippen LogP contribution in [0, 0.1) is 0 Å². The number of furan rings is 1. The maximum absolute atomic E-state index is 5.61. The second-order valence-corrected chi connectivity index (χ2v) is 6.02. The first-order chi connectivity index (χ1) is 8.25. The number of rotatable bonds is 5. The number of thioether (sulfide) groups is 1. The highest BCUT2D eigenvalue weighted by Gasteiger charge is 2.14. The van der Waals surface area contributed by atoms with Gasteiger partial charge in [0.25, 0.3) is 0 Å². The van der Waals surface area contributed by atoms with E-state index in [4.69, 9.17) is 4.42 Å². The van der Waals surface area contributed by atoms with Crippen molar-refractivity contribution in [2.75, 3.05) is 24.6 Å². The number of hydrogen-bond donors (Lipinski definition) is 1. The molecule has 1 aliphatic rings. The van der Waals surface area contributed by atoms with E-state index in [1.54, 1.807) is 0 Å². The molecule has 0 saturated carbocycles. The Morgan fingerprint density at radius 2 is 2.18 bits per heavy atom. The van der Waals surface area contributed by atoms with Gasteiger partial charge < -0.3 is 9.73 Å². The lowest BCUT2D eigenvalue weighted by molar-refractivity contribution is 0.266. The number of hydrogen-bond acceptors (Lipinski definition) is 4. The Hall–Kier alpha value is -0.450. The van der Waals surface area contributed by atoms with Crippen LogP contribution in [0.5, 0.6) is 0 Å². The molecule has 1 N–H and O–H groups in total. The molecule has 0 aromatic carbocycles. The van der Waals surface area contributed by atoms with E-state index in [1.807, 2.05) is 18.0 Å². The van der Waals surface area contributed by atoms with Crippen molar-refractivity contribution in [3.63, 3.8) is 0 Å². The van der Waals surface area contributed by atoms with Crippen LogP contribution in [-0.4, -0.2) is 35.5 Å². The van der Waals surface area contributed by atoms with Gasteiger partial charge in [0.1, 0.15) is 5.76 Å². The zero-order chi connectivity index (χ0) is 12.1. The predicted octanol–water partition coefficient (Wildman–Crippen LogP) is 2.33. The van der Waals surface area contributed by atoms with E-state index in [0.717, 1.165) is 18.8 Å². The van der Waals surface area contributed by atoms with Gasteiger partial charge in [0.2, 0.25) is 0 Å². The average molecular weight is 254 g/mol. The van der Waals surface area contributed by atoms with E-state index >= 15 is 0 Å². The van der Waals surface area contributed by atoms with Crippen molar-refractivity contribution in [1.29, 1.82) is 0 Å². The van der Waals surface area contributed by atoms with Gasteiger partial charge in [-0.15, -0.1) is 0 Å². The molecule has 1 aromatic heterocycles. The molecule has 1 aromatic rings. The van der Waals surface area contributed by atoms with Crippen molar-refractivity contribution in [3.8, 4) is 0 Å². The fourth-order valence-electron chi connectivity index (χ4n) is 1.94. The van der Waals surface area contributed by atoms with Crippen molar-refractivity contribution < 1.29 is 4.42 Å². The second-order valence-electron chi connectivity index (χ2n) is 4.79. The van der Waals surface area contributed by atoms with Crippen LogP contribution < -0.4 is 5.32 Å². The molecule has 0 spiro atoms. The molecular formula is C13H22N2OS. The Morgan fingerprint density at radius 1 is 1.41 bits per heavy atom. The van der Waals surface area contributed by atoms with Crippen LogP contribution in [0.1, 0.15) is 25.2 Å². The van der Waals surface area contributed by atoms with Crippen LogP contribution in [0.25, 0.3) is 0 Å². The van der Waals surface area contributed by atoms with Crippen molar-refractivity contribution in [2.45, 2.75) is 33.0 Å². The standard InChI is InChI=1S/C13H22N2OS/c1-11(2)14-9-12-3-6-16-13(12)10-15-4-7-17-8-5-15/h3,6,11,14H,4-5,7-10H2,1-2H3. The van der Waals surface area contributed by atoms with E-state index in [-0.39, 0.29) is 0 Å². The zero-order valence-electron chi connectivity index (χ0n) is 10.7. The van der Waals surface area contributed by atoms with Crippen molar-refractivity contribution in [2.24, 2.45) is 0 Å². The van der Waals surface area contributed by atoms with Crippen LogP contribution in [-0.2, 0) is 13.1 Å². The summed E-state index contributed by atoms with van der Waals surface area (Å²) in [6.07, 6.45) is 1.81. The van der Waals surface area contributed by atoms with Crippen molar-refractivity contribution >= 4 is 11.8 Å². The van der Waals surface area contributed by atoms with Crippen molar-refractivity contribution in [1.82, 2.24) is 10.2 Å². The first-order valence-electron chi connectivity index (χ1n) is 6.34. The summed E-state index contributed by atoms with van der Waals surface area (Å²) in [5.74, 6) is 3.63. The molecule has 0 amide bonds. The van der Waals surface area contributed by atoms with Crippen LogP contribution in [0.2, 0.25) is 0 Å². The topological polar surface area (TPSA) is 28.4 Å². The lowest BCUT2D eigenvalue weighted by Crippen LogP contribution is -2.32. The molecule has 0 aliphatic carbocycles. The maximum atomic E-state index is 5.61. The highest BCUT2D eigenvalue weighted by Crippen LogP contribution is 2.16. The van der Waals surface area contributed by atoms with Gasteiger partial charge in [-0.25, -0.2) is 0 Å². The molecule has 1 saturated heterocycles. The van der Waals surface area contributed by atoms with Crippen LogP contribution in [0.4, 0.5) is 0 Å². The molecule has 0 atom stereocenters. The fraction of sp³-hybridized carbons (Fsp3) is 0.692. The second kappa shape index (κ2) is 6.47. The van der Waals surface area contributed by atoms with Gasteiger partial charge in [-0.3, -0.25) is 4.90 Å². The Bertz CT molecular complexity index is 332. The molecule has 0 unspecified atom stereocenters. The first-order valence-corrected chi connectivity index (χ1v) is 7.50. The highest BCUT2D eigenvalue weighted by atomic mass is 32.2. The van der Waals surface area contributed by atoms with E-state index in [9.17, 15) is 0 Å². The van der Waals surface area contributed by atoms with E-state index in [0.29, 0.717) is 6.04 Å². The molecule has 96 valence electrons. The Kier molecular flexibility index (Phi) is 4.95. The number of nitrogens with zero attached hydrogens (tertiary/aromatic N) is 1. The molecule has 0 bridgehead atoms. The van der Waals surface area contributed by atoms with Crippen LogP contribution in [0.15, 0.2) is 16.7 Å². The van der Waals surface area contributed by atoms with Crippen LogP contribution >= 0.6 is 11.8 Å². The Morgan fingerprint density at radius 3 is 2.88 bits per heavy atom. The lowest BCUT2D eigenvalue weighted by atomic mass is 10.2.